The minimum absolute atomic E-state index is 0.0250. The Morgan fingerprint density at radius 3 is 3.00 bits per heavy atom. The van der Waals surface area contributed by atoms with E-state index in [4.69, 9.17) is 0 Å². The summed E-state index contributed by atoms with van der Waals surface area (Å²) in [6.45, 7) is 5.18. The molecule has 112 valence electrons. The summed E-state index contributed by atoms with van der Waals surface area (Å²) in [5, 5.41) is 8.95. The molecule has 0 fully saturated rings. The molecule has 0 bridgehead atoms. The lowest BCUT2D eigenvalue weighted by Gasteiger charge is -2.12. The number of amides is 1. The number of hydrogen-bond donors (Lipinski definition) is 2. The first-order chi connectivity index (χ1) is 10.2. The topological polar surface area (TPSA) is 66.9 Å². The summed E-state index contributed by atoms with van der Waals surface area (Å²) in [5.74, 6) is 0.0250. The summed E-state index contributed by atoms with van der Waals surface area (Å²) in [7, 11) is 0. The maximum absolute atomic E-state index is 11.7. The third-order valence-electron chi connectivity index (χ3n) is 2.97. The maximum atomic E-state index is 11.7. The zero-order valence-electron chi connectivity index (χ0n) is 12.3. The largest absolute Gasteiger partial charge is 0.355 e. The second-order valence-corrected chi connectivity index (χ2v) is 5.61. The Morgan fingerprint density at radius 1 is 1.43 bits per heavy atom. The quantitative estimate of drug-likeness (QED) is 0.823. The molecule has 0 aliphatic heterocycles. The molecule has 2 aromatic rings. The van der Waals surface area contributed by atoms with Gasteiger partial charge in [-0.25, -0.2) is 4.98 Å². The van der Waals surface area contributed by atoms with E-state index in [1.807, 2.05) is 37.4 Å². The molecule has 0 saturated carbocycles. The van der Waals surface area contributed by atoms with Gasteiger partial charge in [0.05, 0.1) is 17.4 Å². The molecule has 1 unspecified atom stereocenters. The fraction of sp³-hybridized carbons (Fsp3) is 0.400. The predicted molar refractivity (Wildman–Crippen MR) is 84.9 cm³/mol. The first-order valence-corrected chi connectivity index (χ1v) is 7.95. The van der Waals surface area contributed by atoms with E-state index in [1.54, 1.807) is 17.5 Å². The van der Waals surface area contributed by atoms with E-state index in [2.05, 4.69) is 20.6 Å². The van der Waals surface area contributed by atoms with E-state index in [-0.39, 0.29) is 11.9 Å². The summed E-state index contributed by atoms with van der Waals surface area (Å²) in [4.78, 5) is 20.6. The van der Waals surface area contributed by atoms with Crippen LogP contribution in [0.25, 0.3) is 10.7 Å². The van der Waals surface area contributed by atoms with Crippen LogP contribution in [0.1, 0.15) is 26.0 Å². The standard InChI is InChI=1S/C15H20N4OS/c1-3-7-17-14(20)11(2)18-9-12-10-21-15(19-12)13-6-4-5-8-16-13/h4-6,8,10-11,18H,3,7,9H2,1-2H3,(H,17,20). The van der Waals surface area contributed by atoms with E-state index in [1.165, 1.54) is 0 Å². The highest BCUT2D eigenvalue weighted by Gasteiger charge is 2.12. The van der Waals surface area contributed by atoms with Crippen molar-refractivity contribution in [2.24, 2.45) is 0 Å². The van der Waals surface area contributed by atoms with Gasteiger partial charge in [-0.1, -0.05) is 13.0 Å². The molecule has 0 aliphatic carbocycles. The Hall–Kier alpha value is -1.79. The Morgan fingerprint density at radius 2 is 2.29 bits per heavy atom. The molecule has 5 nitrogen and oxygen atoms in total. The molecular formula is C15H20N4OS. The predicted octanol–water partition coefficient (Wildman–Crippen LogP) is 2.21. The molecule has 2 heterocycles. The minimum atomic E-state index is -0.225. The second-order valence-electron chi connectivity index (χ2n) is 4.75. The Bertz CT molecular complexity index is 570. The summed E-state index contributed by atoms with van der Waals surface area (Å²) >= 11 is 1.56. The lowest BCUT2D eigenvalue weighted by Crippen LogP contribution is -2.42. The van der Waals surface area contributed by atoms with Crippen LogP contribution in [-0.2, 0) is 11.3 Å². The highest BCUT2D eigenvalue weighted by molar-refractivity contribution is 7.13. The van der Waals surface area contributed by atoms with Gasteiger partial charge in [0.25, 0.3) is 0 Å². The third-order valence-corrected chi connectivity index (χ3v) is 3.88. The number of carbonyl (C=O) groups is 1. The lowest BCUT2D eigenvalue weighted by atomic mass is 10.3. The average Bonchev–Trinajstić information content (AvgIpc) is 3.00. The minimum Gasteiger partial charge on any atom is -0.355 e. The molecule has 2 aromatic heterocycles. The molecule has 2 N–H and O–H groups in total. The Balaban J connectivity index is 1.87. The van der Waals surface area contributed by atoms with Crippen molar-refractivity contribution in [1.29, 1.82) is 0 Å². The van der Waals surface area contributed by atoms with Crippen molar-refractivity contribution in [2.45, 2.75) is 32.9 Å². The van der Waals surface area contributed by atoms with Crippen molar-refractivity contribution in [3.8, 4) is 10.7 Å². The van der Waals surface area contributed by atoms with Crippen LogP contribution in [0.15, 0.2) is 29.8 Å². The third kappa shape index (κ3) is 4.61. The van der Waals surface area contributed by atoms with Crippen LogP contribution in [0.3, 0.4) is 0 Å². The number of thiazole rings is 1. The summed E-state index contributed by atoms with van der Waals surface area (Å²) < 4.78 is 0. The molecule has 0 spiro atoms. The van der Waals surface area contributed by atoms with Crippen molar-refractivity contribution in [3.63, 3.8) is 0 Å². The van der Waals surface area contributed by atoms with E-state index in [0.717, 1.165) is 22.8 Å². The number of carbonyl (C=O) groups excluding carboxylic acids is 1. The smallest absolute Gasteiger partial charge is 0.236 e. The molecule has 2 rings (SSSR count). The molecule has 1 atom stereocenters. The van der Waals surface area contributed by atoms with Crippen LogP contribution >= 0.6 is 11.3 Å². The van der Waals surface area contributed by atoms with E-state index in [9.17, 15) is 4.79 Å². The number of hydrogen-bond acceptors (Lipinski definition) is 5. The highest BCUT2D eigenvalue weighted by Crippen LogP contribution is 2.21. The zero-order chi connectivity index (χ0) is 15.1. The van der Waals surface area contributed by atoms with Gasteiger partial charge in [-0.15, -0.1) is 11.3 Å². The van der Waals surface area contributed by atoms with Crippen molar-refractivity contribution < 1.29 is 4.79 Å². The van der Waals surface area contributed by atoms with Crippen LogP contribution in [-0.4, -0.2) is 28.5 Å². The van der Waals surface area contributed by atoms with E-state index in [0.29, 0.717) is 13.1 Å². The van der Waals surface area contributed by atoms with Crippen molar-refractivity contribution in [3.05, 3.63) is 35.5 Å². The Labute approximate surface area is 128 Å². The van der Waals surface area contributed by atoms with E-state index < -0.39 is 0 Å². The van der Waals surface area contributed by atoms with Crippen LogP contribution in [0.5, 0.6) is 0 Å². The molecule has 0 aliphatic rings. The number of pyridine rings is 1. The lowest BCUT2D eigenvalue weighted by molar-refractivity contribution is -0.122. The fourth-order valence-electron chi connectivity index (χ4n) is 1.75. The van der Waals surface area contributed by atoms with Gasteiger partial charge in [0.15, 0.2) is 0 Å². The van der Waals surface area contributed by atoms with Gasteiger partial charge < -0.3 is 10.6 Å². The SMILES string of the molecule is CCCNC(=O)C(C)NCc1csc(-c2ccccn2)n1. The van der Waals surface area contributed by atoms with Crippen LogP contribution in [0.4, 0.5) is 0 Å². The van der Waals surface area contributed by atoms with Crippen LogP contribution in [0, 0.1) is 0 Å². The normalized spacial score (nSPS) is 12.1. The number of nitrogens with one attached hydrogen (secondary N) is 2. The fourth-order valence-corrected chi connectivity index (χ4v) is 2.54. The number of rotatable bonds is 7. The van der Waals surface area contributed by atoms with Crippen molar-refractivity contribution in [1.82, 2.24) is 20.6 Å². The zero-order valence-corrected chi connectivity index (χ0v) is 13.1. The molecule has 1 amide bonds. The first-order valence-electron chi connectivity index (χ1n) is 7.07. The molecule has 0 saturated heterocycles. The van der Waals surface area contributed by atoms with Crippen molar-refractivity contribution >= 4 is 17.2 Å². The second kappa shape index (κ2) is 7.85. The summed E-state index contributed by atoms with van der Waals surface area (Å²) in [6, 6.07) is 5.55. The maximum Gasteiger partial charge on any atom is 0.236 e. The summed E-state index contributed by atoms with van der Waals surface area (Å²) in [6.07, 6.45) is 2.70. The van der Waals surface area contributed by atoms with Gasteiger partial charge in [0.2, 0.25) is 5.91 Å². The molecule has 0 radical (unpaired) electrons. The van der Waals surface area contributed by atoms with Gasteiger partial charge in [0, 0.05) is 24.7 Å². The number of aromatic nitrogens is 2. The number of nitrogens with zero attached hydrogens (tertiary/aromatic N) is 2. The molecular weight excluding hydrogens is 284 g/mol. The molecule has 6 heteroatoms. The van der Waals surface area contributed by atoms with Crippen LogP contribution < -0.4 is 10.6 Å². The summed E-state index contributed by atoms with van der Waals surface area (Å²) in [5.41, 5.74) is 1.80. The van der Waals surface area contributed by atoms with Gasteiger partial charge in [-0.3, -0.25) is 9.78 Å². The van der Waals surface area contributed by atoms with Gasteiger partial charge >= 0.3 is 0 Å². The van der Waals surface area contributed by atoms with E-state index >= 15 is 0 Å². The highest BCUT2D eigenvalue weighted by atomic mass is 32.1. The van der Waals surface area contributed by atoms with Crippen molar-refractivity contribution in [2.75, 3.05) is 6.54 Å². The first kappa shape index (κ1) is 15.6. The van der Waals surface area contributed by atoms with Crippen LogP contribution in [0.2, 0.25) is 0 Å². The van der Waals surface area contributed by atoms with Gasteiger partial charge in [-0.2, -0.15) is 0 Å². The van der Waals surface area contributed by atoms with Gasteiger partial charge in [0.1, 0.15) is 5.01 Å². The monoisotopic (exact) mass is 304 g/mol. The average molecular weight is 304 g/mol. The van der Waals surface area contributed by atoms with Gasteiger partial charge in [-0.05, 0) is 25.5 Å². The Kier molecular flexibility index (Phi) is 5.83. The molecule has 21 heavy (non-hydrogen) atoms. The molecule has 0 aromatic carbocycles.